The zero-order valence-electron chi connectivity index (χ0n) is 8.16. The first-order valence-electron chi connectivity index (χ1n) is 4.76. The second-order valence-corrected chi connectivity index (χ2v) is 3.39. The highest BCUT2D eigenvalue weighted by Gasteiger charge is 2.12. The average molecular weight is 204 g/mol. The van der Waals surface area contributed by atoms with Gasteiger partial charge >= 0.3 is 5.97 Å². The topological polar surface area (TPSA) is 79.1 Å². The zero-order chi connectivity index (χ0) is 10.8. The van der Waals surface area contributed by atoms with E-state index in [4.69, 9.17) is 10.8 Å². The SMILES string of the molecule is NCCc1c[nH]c2cccc(C(=O)O)c12. The summed E-state index contributed by atoms with van der Waals surface area (Å²) in [5.41, 5.74) is 7.62. The van der Waals surface area contributed by atoms with E-state index in [0.717, 1.165) is 16.5 Å². The van der Waals surface area contributed by atoms with Crippen LogP contribution in [0.25, 0.3) is 10.9 Å². The lowest BCUT2D eigenvalue weighted by molar-refractivity contribution is 0.0699. The van der Waals surface area contributed by atoms with E-state index < -0.39 is 5.97 Å². The van der Waals surface area contributed by atoms with Gasteiger partial charge in [0, 0.05) is 17.1 Å². The third kappa shape index (κ3) is 1.59. The molecule has 0 aliphatic rings. The van der Waals surface area contributed by atoms with Crippen LogP contribution in [0.5, 0.6) is 0 Å². The molecule has 0 fully saturated rings. The molecule has 0 aliphatic heterocycles. The van der Waals surface area contributed by atoms with Crippen molar-refractivity contribution in [2.45, 2.75) is 6.42 Å². The minimum atomic E-state index is -0.904. The van der Waals surface area contributed by atoms with Crippen molar-refractivity contribution < 1.29 is 9.90 Å². The van der Waals surface area contributed by atoms with Crippen molar-refractivity contribution in [1.82, 2.24) is 4.98 Å². The Hall–Kier alpha value is -1.81. The number of rotatable bonds is 3. The van der Waals surface area contributed by atoms with Gasteiger partial charge in [-0.05, 0) is 30.7 Å². The summed E-state index contributed by atoms with van der Waals surface area (Å²) in [7, 11) is 0. The van der Waals surface area contributed by atoms with Crippen LogP contribution in [0.15, 0.2) is 24.4 Å². The van der Waals surface area contributed by atoms with Crippen molar-refractivity contribution in [2.75, 3.05) is 6.54 Å². The molecule has 1 aromatic carbocycles. The first-order chi connectivity index (χ1) is 7.24. The van der Waals surface area contributed by atoms with Gasteiger partial charge in [-0.15, -0.1) is 0 Å². The molecule has 2 rings (SSSR count). The Kier molecular flexibility index (Phi) is 2.43. The highest BCUT2D eigenvalue weighted by molar-refractivity contribution is 6.04. The Morgan fingerprint density at radius 2 is 2.27 bits per heavy atom. The average Bonchev–Trinajstić information content (AvgIpc) is 2.62. The molecule has 0 bridgehead atoms. The molecule has 0 aliphatic carbocycles. The van der Waals surface area contributed by atoms with E-state index in [9.17, 15) is 4.79 Å². The smallest absolute Gasteiger partial charge is 0.336 e. The largest absolute Gasteiger partial charge is 0.478 e. The van der Waals surface area contributed by atoms with Crippen molar-refractivity contribution in [3.05, 3.63) is 35.5 Å². The van der Waals surface area contributed by atoms with Crippen molar-refractivity contribution in [1.29, 1.82) is 0 Å². The first kappa shape index (κ1) is 9.73. The lowest BCUT2D eigenvalue weighted by atomic mass is 10.0. The van der Waals surface area contributed by atoms with Crippen LogP contribution >= 0.6 is 0 Å². The molecule has 0 unspecified atom stereocenters. The van der Waals surface area contributed by atoms with Crippen LogP contribution in [0.4, 0.5) is 0 Å². The van der Waals surface area contributed by atoms with Gasteiger partial charge in [-0.1, -0.05) is 6.07 Å². The minimum absolute atomic E-state index is 0.331. The van der Waals surface area contributed by atoms with Crippen LogP contribution in [0.2, 0.25) is 0 Å². The molecule has 4 nitrogen and oxygen atoms in total. The Labute approximate surface area is 86.7 Å². The molecule has 0 atom stereocenters. The number of aromatic carboxylic acids is 1. The van der Waals surface area contributed by atoms with Crippen LogP contribution in [-0.2, 0) is 6.42 Å². The predicted molar refractivity (Wildman–Crippen MR) is 58.0 cm³/mol. The van der Waals surface area contributed by atoms with Crippen LogP contribution < -0.4 is 5.73 Å². The number of hydrogen-bond acceptors (Lipinski definition) is 2. The third-order valence-corrected chi connectivity index (χ3v) is 2.43. The molecule has 0 amide bonds. The standard InChI is InChI=1S/C11H12N2O2/c12-5-4-7-6-13-9-3-1-2-8(10(7)9)11(14)15/h1-3,6,13H,4-5,12H2,(H,14,15). The number of aromatic nitrogens is 1. The highest BCUT2D eigenvalue weighted by Crippen LogP contribution is 2.22. The number of fused-ring (bicyclic) bond motifs is 1. The number of carbonyl (C=O) groups is 1. The fraction of sp³-hybridized carbons (Fsp3) is 0.182. The van der Waals surface area contributed by atoms with Crippen LogP contribution in [-0.4, -0.2) is 22.6 Å². The number of benzene rings is 1. The molecular formula is C11H12N2O2. The summed E-state index contributed by atoms with van der Waals surface area (Å²) < 4.78 is 0. The summed E-state index contributed by atoms with van der Waals surface area (Å²) >= 11 is 0. The number of nitrogens with two attached hydrogens (primary N) is 1. The maximum absolute atomic E-state index is 11.0. The summed E-state index contributed by atoms with van der Waals surface area (Å²) in [4.78, 5) is 14.1. The molecule has 0 spiro atoms. The fourth-order valence-corrected chi connectivity index (χ4v) is 1.79. The molecule has 0 saturated heterocycles. The highest BCUT2D eigenvalue weighted by atomic mass is 16.4. The fourth-order valence-electron chi connectivity index (χ4n) is 1.79. The Morgan fingerprint density at radius 3 is 2.93 bits per heavy atom. The molecule has 1 heterocycles. The summed E-state index contributed by atoms with van der Waals surface area (Å²) in [5, 5.41) is 9.82. The first-order valence-corrected chi connectivity index (χ1v) is 4.76. The summed E-state index contributed by atoms with van der Waals surface area (Å²) in [5.74, 6) is -0.904. The van der Waals surface area contributed by atoms with Crippen LogP contribution in [0, 0.1) is 0 Å². The predicted octanol–water partition coefficient (Wildman–Crippen LogP) is 1.37. The van der Waals surface area contributed by atoms with E-state index in [1.807, 2.05) is 12.3 Å². The number of H-pyrrole nitrogens is 1. The Balaban J connectivity index is 2.69. The van der Waals surface area contributed by atoms with Gasteiger partial charge < -0.3 is 15.8 Å². The van der Waals surface area contributed by atoms with Gasteiger partial charge in [0.05, 0.1) is 5.56 Å². The van der Waals surface area contributed by atoms with Gasteiger partial charge in [0.15, 0.2) is 0 Å². The number of carboxylic acids is 1. The summed E-state index contributed by atoms with van der Waals surface area (Å²) in [6.45, 7) is 0.515. The number of nitrogens with one attached hydrogen (secondary N) is 1. The van der Waals surface area contributed by atoms with E-state index in [1.54, 1.807) is 12.1 Å². The van der Waals surface area contributed by atoms with Gasteiger partial charge in [-0.25, -0.2) is 4.79 Å². The second-order valence-electron chi connectivity index (χ2n) is 3.39. The molecule has 0 radical (unpaired) electrons. The van der Waals surface area contributed by atoms with Gasteiger partial charge in [-0.2, -0.15) is 0 Å². The minimum Gasteiger partial charge on any atom is -0.478 e. The number of carboxylic acid groups (broad SMARTS) is 1. The van der Waals surface area contributed by atoms with E-state index in [2.05, 4.69) is 4.98 Å². The van der Waals surface area contributed by atoms with Crippen molar-refractivity contribution >= 4 is 16.9 Å². The Morgan fingerprint density at radius 1 is 1.47 bits per heavy atom. The molecule has 2 aromatic rings. The normalized spacial score (nSPS) is 10.7. The lowest BCUT2D eigenvalue weighted by Crippen LogP contribution is -2.04. The van der Waals surface area contributed by atoms with Gasteiger partial charge in [0.2, 0.25) is 0 Å². The monoisotopic (exact) mass is 204 g/mol. The van der Waals surface area contributed by atoms with Crippen LogP contribution in [0.3, 0.4) is 0 Å². The van der Waals surface area contributed by atoms with E-state index in [-0.39, 0.29) is 0 Å². The quantitative estimate of drug-likeness (QED) is 0.706. The van der Waals surface area contributed by atoms with Gasteiger partial charge in [0.1, 0.15) is 0 Å². The summed E-state index contributed by atoms with van der Waals surface area (Å²) in [6.07, 6.45) is 2.51. The molecule has 1 aromatic heterocycles. The lowest BCUT2D eigenvalue weighted by Gasteiger charge is -2.00. The number of aromatic amines is 1. The van der Waals surface area contributed by atoms with Crippen molar-refractivity contribution in [3.63, 3.8) is 0 Å². The Bertz CT molecular complexity index is 502. The molecule has 4 heteroatoms. The molecule has 4 N–H and O–H groups in total. The maximum Gasteiger partial charge on any atom is 0.336 e. The molecule has 0 saturated carbocycles. The van der Waals surface area contributed by atoms with E-state index in [1.165, 1.54) is 0 Å². The van der Waals surface area contributed by atoms with Gasteiger partial charge in [0.25, 0.3) is 0 Å². The second kappa shape index (κ2) is 3.74. The summed E-state index contributed by atoms with van der Waals surface area (Å²) in [6, 6.07) is 5.20. The third-order valence-electron chi connectivity index (χ3n) is 2.43. The van der Waals surface area contributed by atoms with E-state index in [0.29, 0.717) is 18.5 Å². The number of hydrogen-bond donors (Lipinski definition) is 3. The van der Waals surface area contributed by atoms with Crippen LogP contribution in [0.1, 0.15) is 15.9 Å². The maximum atomic E-state index is 11.0. The molecular weight excluding hydrogens is 192 g/mol. The zero-order valence-corrected chi connectivity index (χ0v) is 8.16. The molecule has 78 valence electrons. The van der Waals surface area contributed by atoms with Crippen molar-refractivity contribution in [2.24, 2.45) is 5.73 Å². The van der Waals surface area contributed by atoms with Crippen molar-refractivity contribution in [3.8, 4) is 0 Å². The van der Waals surface area contributed by atoms with E-state index >= 15 is 0 Å². The molecule has 15 heavy (non-hydrogen) atoms. The van der Waals surface area contributed by atoms with Gasteiger partial charge in [-0.3, -0.25) is 0 Å².